The van der Waals surface area contributed by atoms with Crippen LogP contribution < -0.4 is 15.4 Å². The zero-order chi connectivity index (χ0) is 24.9. The predicted molar refractivity (Wildman–Crippen MR) is 126 cm³/mol. The highest BCUT2D eigenvalue weighted by molar-refractivity contribution is 5.85. The van der Waals surface area contributed by atoms with E-state index in [0.29, 0.717) is 40.4 Å². The second-order valence-electron chi connectivity index (χ2n) is 7.67. The Kier molecular flexibility index (Phi) is 7.04. The van der Waals surface area contributed by atoms with E-state index in [2.05, 4.69) is 24.9 Å². The maximum atomic E-state index is 13.6. The largest absolute Gasteiger partial charge is 0.475 e. The van der Waals surface area contributed by atoms with Crippen molar-refractivity contribution in [3.63, 3.8) is 0 Å². The molecular weight excluding hydrogens is 459 g/mol. The standard InChI is InChI=1S/C24H22F3N7O/c1-14-11-16(12-18(31-14)22(26)27)20-21(15-3-5-17(25)6-4-15)32-24(28)33-23(20)35-10-9-34(2)19-13-29-7-8-30-19/h3-8,11-13,22H,9-10H2,1-2H3,(H2,28,32,33). The molecule has 0 fully saturated rings. The molecule has 3 aromatic heterocycles. The van der Waals surface area contributed by atoms with E-state index in [9.17, 15) is 13.2 Å². The second-order valence-corrected chi connectivity index (χ2v) is 7.67. The van der Waals surface area contributed by atoms with Crippen LogP contribution in [0.3, 0.4) is 0 Å². The van der Waals surface area contributed by atoms with Gasteiger partial charge < -0.3 is 15.4 Å². The average molecular weight is 481 g/mol. The topological polar surface area (TPSA) is 103 Å². The number of nitrogen functional groups attached to an aromatic ring is 1. The van der Waals surface area contributed by atoms with Crippen molar-refractivity contribution >= 4 is 11.8 Å². The Labute approximate surface area is 199 Å². The average Bonchev–Trinajstić information content (AvgIpc) is 2.84. The fourth-order valence-electron chi connectivity index (χ4n) is 3.47. The molecule has 4 rings (SSSR count). The van der Waals surface area contributed by atoms with Gasteiger partial charge in [-0.25, -0.2) is 23.1 Å². The van der Waals surface area contributed by atoms with Crippen LogP contribution >= 0.6 is 0 Å². The minimum Gasteiger partial charge on any atom is -0.475 e. The lowest BCUT2D eigenvalue weighted by Crippen LogP contribution is -2.25. The summed E-state index contributed by atoms with van der Waals surface area (Å²) in [5, 5.41) is 0. The van der Waals surface area contributed by atoms with Gasteiger partial charge in [0.05, 0.1) is 24.0 Å². The third kappa shape index (κ3) is 5.62. The van der Waals surface area contributed by atoms with Crippen LogP contribution in [-0.2, 0) is 0 Å². The maximum Gasteiger partial charge on any atom is 0.280 e. The number of alkyl halides is 2. The predicted octanol–water partition coefficient (Wildman–Crippen LogP) is 4.48. The zero-order valence-electron chi connectivity index (χ0n) is 19.0. The number of anilines is 2. The minimum atomic E-state index is -2.78. The van der Waals surface area contributed by atoms with Crippen molar-refractivity contribution in [2.75, 3.05) is 30.8 Å². The molecule has 0 amide bonds. The zero-order valence-corrected chi connectivity index (χ0v) is 19.0. The fourth-order valence-corrected chi connectivity index (χ4v) is 3.47. The van der Waals surface area contributed by atoms with Crippen LogP contribution in [0.25, 0.3) is 22.4 Å². The summed E-state index contributed by atoms with van der Waals surface area (Å²) in [5.74, 6) is 0.248. The molecule has 0 spiro atoms. The number of pyridine rings is 1. The Morgan fingerprint density at radius 1 is 1.03 bits per heavy atom. The number of halogens is 3. The molecule has 0 aliphatic rings. The summed E-state index contributed by atoms with van der Waals surface area (Å²) in [5.41, 5.74) is 7.52. The molecule has 1 aromatic carbocycles. The quantitative estimate of drug-likeness (QED) is 0.393. The second kappa shape index (κ2) is 10.3. The van der Waals surface area contributed by atoms with Crippen molar-refractivity contribution in [3.8, 4) is 28.3 Å². The summed E-state index contributed by atoms with van der Waals surface area (Å²) in [6.07, 6.45) is 2.00. The van der Waals surface area contributed by atoms with Crippen LogP contribution in [0.1, 0.15) is 17.8 Å². The number of ether oxygens (including phenoxy) is 1. The smallest absolute Gasteiger partial charge is 0.280 e. The number of hydrogen-bond donors (Lipinski definition) is 1. The fraction of sp³-hybridized carbons (Fsp3) is 0.208. The first-order chi connectivity index (χ1) is 16.8. The van der Waals surface area contributed by atoms with Gasteiger partial charge in [-0.05, 0) is 48.9 Å². The number of rotatable bonds is 8. The summed E-state index contributed by atoms with van der Waals surface area (Å²) in [4.78, 5) is 22.6. The van der Waals surface area contributed by atoms with E-state index >= 15 is 0 Å². The van der Waals surface area contributed by atoms with Gasteiger partial charge in [0.1, 0.15) is 23.9 Å². The number of aryl methyl sites for hydroxylation is 1. The molecule has 2 N–H and O–H groups in total. The third-order valence-electron chi connectivity index (χ3n) is 5.10. The van der Waals surface area contributed by atoms with Gasteiger partial charge in [0.15, 0.2) is 0 Å². The SMILES string of the molecule is Cc1cc(-c2c(OCCN(C)c3cnccn3)nc(N)nc2-c2ccc(F)cc2)cc(C(F)F)n1. The minimum absolute atomic E-state index is 0.0785. The molecule has 4 aromatic rings. The summed E-state index contributed by atoms with van der Waals surface area (Å²) < 4.78 is 46.6. The Morgan fingerprint density at radius 2 is 1.80 bits per heavy atom. The molecule has 0 unspecified atom stereocenters. The Hall–Kier alpha value is -4.28. The van der Waals surface area contributed by atoms with Crippen molar-refractivity contribution in [1.29, 1.82) is 0 Å². The van der Waals surface area contributed by atoms with Gasteiger partial charge in [0, 0.05) is 30.7 Å². The molecule has 0 saturated heterocycles. The van der Waals surface area contributed by atoms with E-state index in [1.54, 1.807) is 31.6 Å². The van der Waals surface area contributed by atoms with Crippen LogP contribution in [0.2, 0.25) is 0 Å². The molecule has 0 aliphatic carbocycles. The Bertz CT molecular complexity index is 1300. The first-order valence-corrected chi connectivity index (χ1v) is 10.6. The van der Waals surface area contributed by atoms with Crippen molar-refractivity contribution in [2.24, 2.45) is 0 Å². The highest BCUT2D eigenvalue weighted by Crippen LogP contribution is 2.39. The first kappa shape index (κ1) is 23.9. The number of nitrogens with two attached hydrogens (primary N) is 1. The molecule has 0 atom stereocenters. The van der Waals surface area contributed by atoms with Gasteiger partial charge in [-0.15, -0.1) is 0 Å². The maximum absolute atomic E-state index is 13.6. The van der Waals surface area contributed by atoms with E-state index in [0.717, 1.165) is 0 Å². The molecule has 8 nitrogen and oxygen atoms in total. The normalized spacial score (nSPS) is 11.0. The van der Waals surface area contributed by atoms with E-state index in [4.69, 9.17) is 10.5 Å². The van der Waals surface area contributed by atoms with Crippen molar-refractivity contribution in [2.45, 2.75) is 13.3 Å². The first-order valence-electron chi connectivity index (χ1n) is 10.6. The van der Waals surface area contributed by atoms with Crippen molar-refractivity contribution in [1.82, 2.24) is 24.9 Å². The van der Waals surface area contributed by atoms with E-state index in [1.807, 2.05) is 11.9 Å². The molecule has 0 radical (unpaired) electrons. The number of likely N-dealkylation sites (N-methyl/N-ethyl adjacent to an activating group) is 1. The molecular formula is C24H22F3N7O. The van der Waals surface area contributed by atoms with Crippen LogP contribution in [0, 0.1) is 12.7 Å². The highest BCUT2D eigenvalue weighted by atomic mass is 19.3. The molecule has 0 aliphatic heterocycles. The summed E-state index contributed by atoms with van der Waals surface area (Å²) in [6.45, 7) is 2.21. The van der Waals surface area contributed by atoms with E-state index in [-0.39, 0.29) is 18.4 Å². The molecule has 11 heteroatoms. The lowest BCUT2D eigenvalue weighted by atomic mass is 9.99. The van der Waals surface area contributed by atoms with E-state index in [1.165, 1.54) is 30.3 Å². The number of aromatic nitrogens is 5. The summed E-state index contributed by atoms with van der Waals surface area (Å²) in [6, 6.07) is 8.49. The third-order valence-corrected chi connectivity index (χ3v) is 5.10. The van der Waals surface area contributed by atoms with Crippen LogP contribution in [0.5, 0.6) is 5.88 Å². The molecule has 180 valence electrons. The molecule has 0 bridgehead atoms. The Balaban J connectivity index is 1.76. The summed E-state index contributed by atoms with van der Waals surface area (Å²) >= 11 is 0. The van der Waals surface area contributed by atoms with Gasteiger partial charge in [-0.3, -0.25) is 9.97 Å². The summed E-state index contributed by atoms with van der Waals surface area (Å²) in [7, 11) is 1.83. The Morgan fingerprint density at radius 3 is 2.49 bits per heavy atom. The van der Waals surface area contributed by atoms with Crippen LogP contribution in [-0.4, -0.2) is 45.1 Å². The van der Waals surface area contributed by atoms with Crippen molar-refractivity contribution in [3.05, 3.63) is 72.2 Å². The van der Waals surface area contributed by atoms with Crippen LogP contribution in [0.4, 0.5) is 24.9 Å². The lowest BCUT2D eigenvalue weighted by molar-refractivity contribution is 0.146. The number of hydrogen-bond acceptors (Lipinski definition) is 8. The van der Waals surface area contributed by atoms with Gasteiger partial charge in [-0.2, -0.15) is 4.98 Å². The monoisotopic (exact) mass is 481 g/mol. The number of benzene rings is 1. The molecule has 3 heterocycles. The van der Waals surface area contributed by atoms with Crippen LogP contribution in [0.15, 0.2) is 55.0 Å². The van der Waals surface area contributed by atoms with Gasteiger partial charge in [0.2, 0.25) is 11.8 Å². The molecule has 0 saturated carbocycles. The van der Waals surface area contributed by atoms with Gasteiger partial charge in [-0.1, -0.05) is 0 Å². The molecule has 35 heavy (non-hydrogen) atoms. The number of nitrogens with zero attached hydrogens (tertiary/aromatic N) is 6. The van der Waals surface area contributed by atoms with Gasteiger partial charge >= 0.3 is 0 Å². The van der Waals surface area contributed by atoms with E-state index < -0.39 is 17.9 Å². The highest BCUT2D eigenvalue weighted by Gasteiger charge is 2.21. The van der Waals surface area contributed by atoms with Crippen molar-refractivity contribution < 1.29 is 17.9 Å². The lowest BCUT2D eigenvalue weighted by Gasteiger charge is -2.19. The van der Waals surface area contributed by atoms with Gasteiger partial charge in [0.25, 0.3) is 6.43 Å².